The van der Waals surface area contributed by atoms with Crippen molar-refractivity contribution in [1.82, 2.24) is 14.8 Å². The summed E-state index contributed by atoms with van der Waals surface area (Å²) in [4.78, 5) is 7.62. The van der Waals surface area contributed by atoms with Crippen LogP contribution in [0.5, 0.6) is 5.75 Å². The highest BCUT2D eigenvalue weighted by molar-refractivity contribution is 7.98. The Kier molecular flexibility index (Phi) is 8.58. The van der Waals surface area contributed by atoms with Gasteiger partial charge in [-0.25, -0.2) is 9.67 Å². The van der Waals surface area contributed by atoms with E-state index in [1.165, 1.54) is 37.2 Å². The van der Waals surface area contributed by atoms with Gasteiger partial charge in [0.15, 0.2) is 11.6 Å². The van der Waals surface area contributed by atoms with Gasteiger partial charge >= 0.3 is 0 Å². The summed E-state index contributed by atoms with van der Waals surface area (Å²) in [5.41, 5.74) is 1.84. The molecule has 0 bridgehead atoms. The number of phenols is 1. The molecule has 164 valence electrons. The van der Waals surface area contributed by atoms with Gasteiger partial charge in [-0.1, -0.05) is 30.3 Å². The number of quaternary nitrogens is 1. The van der Waals surface area contributed by atoms with Crippen LogP contribution in [-0.4, -0.2) is 45.8 Å². The van der Waals surface area contributed by atoms with Crippen molar-refractivity contribution in [3.63, 3.8) is 0 Å². The Morgan fingerprint density at radius 3 is 2.48 bits per heavy atom. The summed E-state index contributed by atoms with van der Waals surface area (Å²) in [7, 11) is 0. The van der Waals surface area contributed by atoms with Crippen molar-refractivity contribution in [3.05, 3.63) is 59.9 Å². The first-order valence-corrected chi connectivity index (χ1v) is 11.8. The smallest absolute Gasteiger partial charge is 0.174 e. The number of para-hydroxylation sites is 1. The number of nitrogens with zero attached hydrogens (tertiary/aromatic N) is 3. The summed E-state index contributed by atoms with van der Waals surface area (Å²) < 4.78 is 1.95. The molecule has 0 atom stereocenters. The fourth-order valence-corrected chi connectivity index (χ4v) is 4.31. The molecule has 3 aromatic rings. The Bertz CT molecular complexity index is 997. The third-order valence-corrected chi connectivity index (χ3v) is 6.36. The molecule has 1 aliphatic heterocycles. The second-order valence-corrected chi connectivity index (χ2v) is 8.58. The number of piperidine rings is 1. The monoisotopic (exact) mass is 456 g/mol. The molecule has 1 aromatic heterocycles. The second kappa shape index (κ2) is 11.4. The molecule has 31 heavy (non-hydrogen) atoms. The topological polar surface area (TPSA) is 55.4 Å². The highest BCUT2D eigenvalue weighted by Crippen LogP contribution is 2.27. The highest BCUT2D eigenvalue weighted by atomic mass is 35.5. The normalized spacial score (nSPS) is 14.6. The Morgan fingerprint density at radius 1 is 1.03 bits per heavy atom. The van der Waals surface area contributed by atoms with E-state index in [0.717, 1.165) is 30.0 Å². The number of thioether (sulfide) groups is 1. The van der Waals surface area contributed by atoms with E-state index in [2.05, 4.69) is 30.5 Å². The number of aromatic nitrogens is 3. The van der Waals surface area contributed by atoms with Crippen molar-refractivity contribution in [3.8, 4) is 17.1 Å². The molecule has 2 aromatic carbocycles. The van der Waals surface area contributed by atoms with Crippen molar-refractivity contribution in [1.29, 1.82) is 0 Å². The molecule has 2 N–H and O–H groups in total. The van der Waals surface area contributed by atoms with Gasteiger partial charge in [0, 0.05) is 4.90 Å². The lowest BCUT2D eigenvalue weighted by molar-refractivity contribution is -0.905. The number of nitrogens with one attached hydrogen (secondary N) is 1. The van der Waals surface area contributed by atoms with Crippen molar-refractivity contribution < 1.29 is 22.4 Å². The SMILES string of the molecule is CSc1ccc(/C=C/c2nc(-c3ccccc3O)n(CC[NH+]3CCCCC3)n2)cc1.[Cl-]. The molecule has 1 fully saturated rings. The van der Waals surface area contributed by atoms with E-state index in [1.54, 1.807) is 22.7 Å². The number of likely N-dealkylation sites (tertiary alicyclic amines) is 1. The van der Waals surface area contributed by atoms with Crippen LogP contribution in [-0.2, 0) is 6.54 Å². The molecule has 5 nitrogen and oxygen atoms in total. The molecule has 0 amide bonds. The van der Waals surface area contributed by atoms with Gasteiger partial charge < -0.3 is 22.4 Å². The largest absolute Gasteiger partial charge is 1.00 e. The standard InChI is InChI=1S/C24H28N4OS.ClH/c1-30-20-12-9-19(10-13-20)11-14-23-25-24(21-7-3-4-8-22(21)29)28(26-23)18-17-27-15-5-2-6-16-27;/h3-4,7-14,29H,2,5-6,15-18H2,1H3;1H/b14-11+;. The first-order valence-electron chi connectivity index (χ1n) is 10.6. The lowest BCUT2D eigenvalue weighted by atomic mass is 10.1. The van der Waals surface area contributed by atoms with Crippen LogP contribution in [0.25, 0.3) is 23.5 Å². The quantitative estimate of drug-likeness (QED) is 0.512. The Balaban J connectivity index is 0.00000272. The minimum absolute atomic E-state index is 0. The van der Waals surface area contributed by atoms with Gasteiger partial charge in [0.1, 0.15) is 5.75 Å². The summed E-state index contributed by atoms with van der Waals surface area (Å²) in [5, 5.41) is 15.1. The van der Waals surface area contributed by atoms with Crippen LogP contribution in [0.2, 0.25) is 0 Å². The van der Waals surface area contributed by atoms with Crippen LogP contribution in [0.4, 0.5) is 0 Å². The fraction of sp³-hybridized carbons (Fsp3) is 0.333. The molecule has 0 unspecified atom stereocenters. The van der Waals surface area contributed by atoms with Crippen LogP contribution in [0.3, 0.4) is 0 Å². The van der Waals surface area contributed by atoms with Crippen LogP contribution < -0.4 is 17.3 Å². The first kappa shape index (κ1) is 23.4. The van der Waals surface area contributed by atoms with E-state index in [-0.39, 0.29) is 18.2 Å². The third kappa shape index (κ3) is 6.12. The van der Waals surface area contributed by atoms with Crippen LogP contribution in [0.15, 0.2) is 53.4 Å². The predicted molar refractivity (Wildman–Crippen MR) is 124 cm³/mol. The van der Waals surface area contributed by atoms with Gasteiger partial charge in [0.2, 0.25) is 0 Å². The maximum Gasteiger partial charge on any atom is 0.174 e. The maximum atomic E-state index is 10.4. The van der Waals surface area contributed by atoms with Gasteiger partial charge in [-0.3, -0.25) is 0 Å². The number of benzene rings is 2. The molecule has 0 saturated carbocycles. The minimum Gasteiger partial charge on any atom is -1.00 e. The van der Waals surface area contributed by atoms with E-state index >= 15 is 0 Å². The van der Waals surface area contributed by atoms with Crippen molar-refractivity contribution >= 4 is 23.9 Å². The molecule has 0 aliphatic carbocycles. The number of hydrogen-bond donors (Lipinski definition) is 2. The van der Waals surface area contributed by atoms with Crippen molar-refractivity contribution in [2.24, 2.45) is 0 Å². The molecule has 4 rings (SSSR count). The number of aromatic hydroxyl groups is 1. The summed E-state index contributed by atoms with van der Waals surface area (Å²) in [5.74, 6) is 1.62. The summed E-state index contributed by atoms with van der Waals surface area (Å²) in [6.07, 6.45) is 10.0. The van der Waals surface area contributed by atoms with E-state index in [1.807, 2.05) is 35.0 Å². The second-order valence-electron chi connectivity index (χ2n) is 7.70. The molecular weight excluding hydrogens is 428 g/mol. The van der Waals surface area contributed by atoms with Crippen molar-refractivity contribution in [2.75, 3.05) is 25.9 Å². The van der Waals surface area contributed by atoms with E-state index in [4.69, 9.17) is 10.1 Å². The average Bonchev–Trinajstić information content (AvgIpc) is 3.20. The minimum atomic E-state index is 0. The Hall–Kier alpha value is -2.28. The lowest BCUT2D eigenvalue weighted by Crippen LogP contribution is -3.13. The number of hydrogen-bond acceptors (Lipinski definition) is 4. The highest BCUT2D eigenvalue weighted by Gasteiger charge is 2.17. The Morgan fingerprint density at radius 2 is 1.77 bits per heavy atom. The van der Waals surface area contributed by atoms with Crippen LogP contribution in [0.1, 0.15) is 30.7 Å². The molecule has 2 heterocycles. The molecular formula is C24H29ClN4OS. The fourth-order valence-electron chi connectivity index (χ4n) is 3.90. The lowest BCUT2D eigenvalue weighted by Gasteiger charge is -2.23. The van der Waals surface area contributed by atoms with Gasteiger partial charge in [-0.2, -0.15) is 5.10 Å². The zero-order valence-electron chi connectivity index (χ0n) is 17.8. The first-order chi connectivity index (χ1) is 14.7. The summed E-state index contributed by atoms with van der Waals surface area (Å²) in [6.45, 7) is 4.30. The molecule has 0 radical (unpaired) electrons. The third-order valence-electron chi connectivity index (χ3n) is 5.61. The molecule has 7 heteroatoms. The maximum absolute atomic E-state index is 10.4. The molecule has 0 spiro atoms. The summed E-state index contributed by atoms with van der Waals surface area (Å²) >= 11 is 1.74. The van der Waals surface area contributed by atoms with Gasteiger partial charge in [-0.15, -0.1) is 11.8 Å². The zero-order chi connectivity index (χ0) is 20.8. The van der Waals surface area contributed by atoms with Gasteiger partial charge in [0.05, 0.1) is 31.7 Å². The average molecular weight is 457 g/mol. The Labute approximate surface area is 194 Å². The van der Waals surface area contributed by atoms with E-state index in [9.17, 15) is 5.11 Å². The molecule has 1 saturated heterocycles. The zero-order valence-corrected chi connectivity index (χ0v) is 19.4. The van der Waals surface area contributed by atoms with Crippen LogP contribution in [0, 0.1) is 0 Å². The van der Waals surface area contributed by atoms with Crippen molar-refractivity contribution in [2.45, 2.75) is 30.7 Å². The molecule has 1 aliphatic rings. The van der Waals surface area contributed by atoms with Gasteiger partial charge in [-0.05, 0) is 61.4 Å². The number of halogens is 1. The number of rotatable bonds is 7. The summed E-state index contributed by atoms with van der Waals surface area (Å²) in [6, 6.07) is 15.8. The van der Waals surface area contributed by atoms with Gasteiger partial charge in [0.25, 0.3) is 0 Å². The van der Waals surface area contributed by atoms with Crippen LogP contribution >= 0.6 is 11.8 Å². The van der Waals surface area contributed by atoms with E-state index in [0.29, 0.717) is 5.82 Å². The number of phenolic OH excluding ortho intramolecular Hbond substituents is 1. The predicted octanol–water partition coefficient (Wildman–Crippen LogP) is 0.616. The van der Waals surface area contributed by atoms with E-state index < -0.39 is 0 Å².